The lowest BCUT2D eigenvalue weighted by Crippen LogP contribution is -2.48. The van der Waals surface area contributed by atoms with Crippen molar-refractivity contribution in [2.45, 2.75) is 0 Å². The van der Waals surface area contributed by atoms with Gasteiger partial charge in [0.15, 0.2) is 0 Å². The fraction of sp³-hybridized carbons (Fsp3) is 0.250. The summed E-state index contributed by atoms with van der Waals surface area (Å²) in [6.45, 7) is 3.14. The molecule has 2 heterocycles. The van der Waals surface area contributed by atoms with Gasteiger partial charge in [0.25, 0.3) is 0 Å². The van der Waals surface area contributed by atoms with E-state index in [1.807, 2.05) is 41.3 Å². The lowest BCUT2D eigenvalue weighted by Gasteiger charge is -2.27. The molecule has 2 N–H and O–H groups in total. The molecule has 3 rings (SSSR count). The number of nitrogens with one attached hydrogen (secondary N) is 2. The van der Waals surface area contributed by atoms with Crippen LogP contribution in [0.5, 0.6) is 0 Å². The van der Waals surface area contributed by atoms with Gasteiger partial charge in [0.05, 0.1) is 11.9 Å². The molecule has 0 aliphatic carbocycles. The van der Waals surface area contributed by atoms with Gasteiger partial charge in [0, 0.05) is 43.5 Å². The highest BCUT2D eigenvalue weighted by molar-refractivity contribution is 5.94. The fourth-order valence-electron chi connectivity index (χ4n) is 2.37. The van der Waals surface area contributed by atoms with Gasteiger partial charge in [-0.2, -0.15) is 0 Å². The maximum atomic E-state index is 12.3. The number of para-hydroxylation sites is 1. The number of carbonyl (C=O) groups excluding carboxylic acids is 1. The number of urea groups is 1. The average molecular weight is 281 g/mol. The number of carbonyl (C=O) groups is 1. The van der Waals surface area contributed by atoms with Gasteiger partial charge in [-0.3, -0.25) is 4.98 Å². The van der Waals surface area contributed by atoms with E-state index in [1.54, 1.807) is 6.20 Å². The van der Waals surface area contributed by atoms with Crippen LogP contribution in [0.15, 0.2) is 42.6 Å². The number of benzene rings is 1. The summed E-state index contributed by atoms with van der Waals surface area (Å²) < 4.78 is 0. The van der Waals surface area contributed by atoms with Gasteiger partial charge in [-0.15, -0.1) is 0 Å². The Morgan fingerprint density at radius 1 is 1.19 bits per heavy atom. The highest BCUT2D eigenvalue weighted by atomic mass is 16.2. The average Bonchev–Trinajstić information content (AvgIpc) is 2.57. The van der Waals surface area contributed by atoms with Crippen LogP contribution in [0.3, 0.4) is 0 Å². The molecule has 107 valence electrons. The Kier molecular flexibility index (Phi) is 4.12. The molecule has 2 aromatic rings. The highest BCUT2D eigenvalue weighted by Gasteiger charge is 2.17. The quantitative estimate of drug-likeness (QED) is 0.885. The number of pyridine rings is 1. The zero-order valence-electron chi connectivity index (χ0n) is 11.7. The predicted molar refractivity (Wildman–Crippen MR) is 82.0 cm³/mol. The van der Waals surface area contributed by atoms with Crippen molar-refractivity contribution in [3.63, 3.8) is 0 Å². The molecule has 1 fully saturated rings. The molecule has 5 nitrogen and oxygen atoms in total. The molecule has 5 heteroatoms. The van der Waals surface area contributed by atoms with Crippen LogP contribution >= 0.6 is 0 Å². The van der Waals surface area contributed by atoms with Crippen LogP contribution in [-0.2, 0) is 0 Å². The van der Waals surface area contributed by atoms with Gasteiger partial charge in [-0.25, -0.2) is 4.79 Å². The molecule has 0 spiro atoms. The summed E-state index contributed by atoms with van der Waals surface area (Å²) in [5.41, 5.74) is 2.58. The number of rotatable bonds is 2. The van der Waals surface area contributed by atoms with Crippen LogP contribution in [0, 0.1) is 6.20 Å². The van der Waals surface area contributed by atoms with E-state index in [0.29, 0.717) is 0 Å². The van der Waals surface area contributed by atoms with E-state index >= 15 is 0 Å². The number of hydrogen-bond acceptors (Lipinski definition) is 3. The van der Waals surface area contributed by atoms with E-state index in [0.717, 1.165) is 43.0 Å². The maximum Gasteiger partial charge on any atom is 0.321 e. The zero-order valence-corrected chi connectivity index (χ0v) is 11.7. The Hall–Kier alpha value is -2.40. The van der Waals surface area contributed by atoms with E-state index in [4.69, 9.17) is 0 Å². The van der Waals surface area contributed by atoms with Crippen LogP contribution in [-0.4, -0.2) is 42.1 Å². The molecule has 1 aliphatic rings. The first-order valence-corrected chi connectivity index (χ1v) is 7.03. The summed E-state index contributed by atoms with van der Waals surface area (Å²) >= 11 is 0. The number of aromatic nitrogens is 1. The fourth-order valence-corrected chi connectivity index (χ4v) is 2.37. The van der Waals surface area contributed by atoms with Gasteiger partial charge in [0.1, 0.15) is 0 Å². The molecule has 0 atom stereocenters. The van der Waals surface area contributed by atoms with Crippen LogP contribution < -0.4 is 10.6 Å². The Morgan fingerprint density at radius 3 is 2.76 bits per heavy atom. The smallest absolute Gasteiger partial charge is 0.321 e. The molecule has 1 radical (unpaired) electrons. The molecule has 1 aromatic heterocycles. The van der Waals surface area contributed by atoms with E-state index in [9.17, 15) is 4.79 Å². The Balaban J connectivity index is 1.81. The molecule has 1 aliphatic heterocycles. The third-order valence-electron chi connectivity index (χ3n) is 3.47. The van der Waals surface area contributed by atoms with Crippen LogP contribution in [0.4, 0.5) is 10.5 Å². The van der Waals surface area contributed by atoms with E-state index in [2.05, 4.69) is 21.8 Å². The van der Waals surface area contributed by atoms with Gasteiger partial charge in [-0.05, 0) is 12.1 Å². The number of nitrogens with zero attached hydrogens (tertiary/aromatic N) is 2. The second kappa shape index (κ2) is 6.37. The van der Waals surface area contributed by atoms with E-state index in [1.165, 1.54) is 0 Å². The second-order valence-corrected chi connectivity index (χ2v) is 4.88. The van der Waals surface area contributed by atoms with Crippen molar-refractivity contribution in [2.24, 2.45) is 0 Å². The Bertz CT molecular complexity index is 609. The summed E-state index contributed by atoms with van der Waals surface area (Å²) in [5.74, 6) is 0. The second-order valence-electron chi connectivity index (χ2n) is 4.88. The number of piperazine rings is 1. The first-order valence-electron chi connectivity index (χ1n) is 7.03. The number of amides is 2. The van der Waals surface area contributed by atoms with Crippen LogP contribution in [0.25, 0.3) is 11.1 Å². The maximum absolute atomic E-state index is 12.3. The molecule has 21 heavy (non-hydrogen) atoms. The molecule has 0 saturated carbocycles. The molecule has 1 aromatic carbocycles. The lowest BCUT2D eigenvalue weighted by molar-refractivity contribution is 0.204. The summed E-state index contributed by atoms with van der Waals surface area (Å²) in [4.78, 5) is 18.1. The zero-order chi connectivity index (χ0) is 14.5. The highest BCUT2D eigenvalue weighted by Crippen LogP contribution is 2.26. The lowest BCUT2D eigenvalue weighted by atomic mass is 10.1. The third kappa shape index (κ3) is 3.20. The Labute approximate surface area is 124 Å². The Morgan fingerprint density at radius 2 is 2.00 bits per heavy atom. The molecule has 0 unspecified atom stereocenters. The largest absolute Gasteiger partial charge is 0.322 e. The number of hydrogen-bond donors (Lipinski definition) is 2. The van der Waals surface area contributed by atoms with Crippen LogP contribution in [0.1, 0.15) is 0 Å². The summed E-state index contributed by atoms with van der Waals surface area (Å²) in [7, 11) is 0. The molecular weight excluding hydrogens is 264 g/mol. The number of anilines is 1. The minimum absolute atomic E-state index is 0.0622. The predicted octanol–water partition coefficient (Wildman–Crippen LogP) is 1.99. The van der Waals surface area contributed by atoms with E-state index in [-0.39, 0.29) is 6.03 Å². The summed E-state index contributed by atoms with van der Waals surface area (Å²) in [5, 5.41) is 6.23. The molecule has 1 saturated heterocycles. The van der Waals surface area contributed by atoms with Gasteiger partial charge >= 0.3 is 6.03 Å². The normalized spacial score (nSPS) is 14.8. The standard InChI is InChI=1S/C16H17N4O/c21-16(20-10-8-17-9-11-20)19-15-6-2-1-5-14(15)13-4-3-7-18-12-13/h1-7,17H,8-11H2,(H,19,21). The van der Waals surface area contributed by atoms with E-state index < -0.39 is 0 Å². The van der Waals surface area contributed by atoms with Crippen molar-refractivity contribution >= 4 is 11.7 Å². The first kappa shape index (κ1) is 13.6. The third-order valence-corrected chi connectivity index (χ3v) is 3.47. The van der Waals surface area contributed by atoms with Crippen LogP contribution in [0.2, 0.25) is 0 Å². The van der Waals surface area contributed by atoms with Crippen molar-refractivity contribution in [1.82, 2.24) is 15.2 Å². The van der Waals surface area contributed by atoms with Crippen molar-refractivity contribution in [1.29, 1.82) is 0 Å². The molecule has 2 amide bonds. The van der Waals surface area contributed by atoms with Gasteiger partial charge in [0.2, 0.25) is 0 Å². The minimum Gasteiger partial charge on any atom is -0.322 e. The summed E-state index contributed by atoms with van der Waals surface area (Å²) in [6, 6.07) is 11.4. The van der Waals surface area contributed by atoms with Crippen molar-refractivity contribution in [3.8, 4) is 11.1 Å². The van der Waals surface area contributed by atoms with Crippen molar-refractivity contribution in [3.05, 3.63) is 48.8 Å². The topological polar surface area (TPSA) is 57.3 Å². The monoisotopic (exact) mass is 281 g/mol. The molecular formula is C16H17N4O. The summed E-state index contributed by atoms with van der Waals surface area (Å²) in [6.07, 6.45) is 4.64. The first-order chi connectivity index (χ1) is 10.3. The minimum atomic E-state index is -0.0622. The molecule has 0 bridgehead atoms. The van der Waals surface area contributed by atoms with Crippen molar-refractivity contribution in [2.75, 3.05) is 31.5 Å². The van der Waals surface area contributed by atoms with Gasteiger partial charge in [-0.1, -0.05) is 24.3 Å². The van der Waals surface area contributed by atoms with Gasteiger partial charge < -0.3 is 15.5 Å². The SMILES string of the molecule is O=C(Nc1ccccc1-c1[c]nccc1)N1CCNCC1. The van der Waals surface area contributed by atoms with Crippen molar-refractivity contribution < 1.29 is 4.79 Å².